The van der Waals surface area contributed by atoms with Crippen molar-refractivity contribution < 1.29 is 0 Å². The normalized spacial score (nSPS) is 23.9. The van der Waals surface area contributed by atoms with E-state index in [1.54, 1.807) is 0 Å². The van der Waals surface area contributed by atoms with Crippen LogP contribution in [0.1, 0.15) is 38.2 Å². The Balaban J connectivity index is 1.97. The van der Waals surface area contributed by atoms with Crippen molar-refractivity contribution in [2.45, 2.75) is 45.2 Å². The van der Waals surface area contributed by atoms with Crippen LogP contribution in [0, 0.1) is 5.92 Å². The molecule has 0 atom stereocenters. The molecule has 0 radical (unpaired) electrons. The van der Waals surface area contributed by atoms with Crippen molar-refractivity contribution >= 4 is 5.82 Å². The average molecular weight is 247 g/mol. The molecule has 0 amide bonds. The summed E-state index contributed by atoms with van der Waals surface area (Å²) in [7, 11) is 4.14. The second-order valence-corrected chi connectivity index (χ2v) is 5.58. The quantitative estimate of drug-likeness (QED) is 0.887. The summed E-state index contributed by atoms with van der Waals surface area (Å²) in [6.07, 6.45) is 7.29. The van der Waals surface area contributed by atoms with Crippen LogP contribution in [-0.4, -0.2) is 25.1 Å². The maximum absolute atomic E-state index is 4.58. The number of anilines is 1. The molecule has 0 saturated heterocycles. The Kier molecular flexibility index (Phi) is 4.59. The fourth-order valence-electron chi connectivity index (χ4n) is 2.75. The first-order chi connectivity index (χ1) is 8.70. The van der Waals surface area contributed by atoms with Gasteiger partial charge in [-0.2, -0.15) is 0 Å². The van der Waals surface area contributed by atoms with E-state index in [1.165, 1.54) is 31.2 Å². The molecular weight excluding hydrogens is 222 g/mol. The monoisotopic (exact) mass is 247 g/mol. The van der Waals surface area contributed by atoms with Crippen LogP contribution in [-0.2, 0) is 6.54 Å². The van der Waals surface area contributed by atoms with Gasteiger partial charge in [-0.25, -0.2) is 4.98 Å². The van der Waals surface area contributed by atoms with Gasteiger partial charge in [0.15, 0.2) is 0 Å². The summed E-state index contributed by atoms with van der Waals surface area (Å²) in [5, 5.41) is 3.15. The first kappa shape index (κ1) is 13.3. The van der Waals surface area contributed by atoms with E-state index in [1.807, 2.05) is 13.2 Å². The fraction of sp³-hybridized carbons (Fsp3) is 0.667. The second-order valence-electron chi connectivity index (χ2n) is 5.58. The molecule has 1 N–H and O–H groups in total. The van der Waals surface area contributed by atoms with Crippen molar-refractivity contribution in [1.29, 1.82) is 0 Å². The van der Waals surface area contributed by atoms with Gasteiger partial charge in [0.25, 0.3) is 0 Å². The molecule has 0 spiro atoms. The molecule has 3 heteroatoms. The highest BCUT2D eigenvalue weighted by molar-refractivity contribution is 5.39. The van der Waals surface area contributed by atoms with Crippen molar-refractivity contribution in [2.75, 3.05) is 19.0 Å². The van der Waals surface area contributed by atoms with E-state index in [-0.39, 0.29) is 0 Å². The van der Waals surface area contributed by atoms with E-state index < -0.39 is 0 Å². The van der Waals surface area contributed by atoms with E-state index >= 15 is 0 Å². The van der Waals surface area contributed by atoms with E-state index in [2.05, 4.69) is 41.3 Å². The van der Waals surface area contributed by atoms with Crippen LogP contribution in [0.3, 0.4) is 0 Å². The molecule has 1 heterocycles. The number of rotatable bonds is 4. The molecule has 1 aromatic heterocycles. The summed E-state index contributed by atoms with van der Waals surface area (Å²) in [5.74, 6) is 2.01. The Labute approximate surface area is 111 Å². The molecule has 0 unspecified atom stereocenters. The zero-order chi connectivity index (χ0) is 13.0. The van der Waals surface area contributed by atoms with Crippen LogP contribution in [0.25, 0.3) is 0 Å². The number of pyridine rings is 1. The molecule has 100 valence electrons. The third-order valence-electron chi connectivity index (χ3n) is 4.08. The van der Waals surface area contributed by atoms with Gasteiger partial charge in [0, 0.05) is 25.8 Å². The highest BCUT2D eigenvalue weighted by atomic mass is 15.2. The Morgan fingerprint density at radius 3 is 2.56 bits per heavy atom. The Morgan fingerprint density at radius 1 is 1.28 bits per heavy atom. The largest absolute Gasteiger partial charge is 0.357 e. The molecule has 0 bridgehead atoms. The zero-order valence-corrected chi connectivity index (χ0v) is 11.8. The van der Waals surface area contributed by atoms with Gasteiger partial charge in [-0.3, -0.25) is 0 Å². The Bertz CT molecular complexity index is 353. The van der Waals surface area contributed by atoms with E-state index in [9.17, 15) is 0 Å². The Hall–Kier alpha value is -1.09. The summed E-state index contributed by atoms with van der Waals surface area (Å²) < 4.78 is 0. The number of nitrogens with zero attached hydrogens (tertiary/aromatic N) is 2. The minimum atomic E-state index is 0.670. The third-order valence-corrected chi connectivity index (χ3v) is 4.08. The second kappa shape index (κ2) is 6.19. The summed E-state index contributed by atoms with van der Waals surface area (Å²) >= 11 is 0. The fourth-order valence-corrected chi connectivity index (χ4v) is 2.75. The van der Waals surface area contributed by atoms with Gasteiger partial charge in [-0.1, -0.05) is 13.0 Å². The lowest BCUT2D eigenvalue weighted by atomic mass is 9.87. The van der Waals surface area contributed by atoms with E-state index in [0.717, 1.165) is 18.3 Å². The van der Waals surface area contributed by atoms with E-state index in [0.29, 0.717) is 6.04 Å². The zero-order valence-electron chi connectivity index (χ0n) is 11.8. The first-order valence-corrected chi connectivity index (χ1v) is 7.03. The number of aromatic nitrogens is 1. The van der Waals surface area contributed by atoms with Crippen molar-refractivity contribution in [3.8, 4) is 0 Å². The van der Waals surface area contributed by atoms with Gasteiger partial charge in [0.1, 0.15) is 5.82 Å². The van der Waals surface area contributed by atoms with Gasteiger partial charge in [0.2, 0.25) is 0 Å². The molecule has 1 aliphatic rings. The molecule has 1 aliphatic carbocycles. The van der Waals surface area contributed by atoms with Gasteiger partial charge >= 0.3 is 0 Å². The van der Waals surface area contributed by atoms with Gasteiger partial charge < -0.3 is 10.2 Å². The summed E-state index contributed by atoms with van der Waals surface area (Å²) in [6.45, 7) is 3.25. The van der Waals surface area contributed by atoms with Crippen LogP contribution in [0.2, 0.25) is 0 Å². The maximum Gasteiger partial charge on any atom is 0.128 e. The lowest BCUT2D eigenvalue weighted by Gasteiger charge is -2.34. The minimum absolute atomic E-state index is 0.670. The maximum atomic E-state index is 4.58. The summed E-state index contributed by atoms with van der Waals surface area (Å²) in [6, 6.07) is 4.98. The predicted octanol–water partition coefficient (Wildman–Crippen LogP) is 2.82. The molecular formula is C15H25N3. The van der Waals surface area contributed by atoms with Gasteiger partial charge in [-0.15, -0.1) is 0 Å². The van der Waals surface area contributed by atoms with Crippen LogP contribution in [0.5, 0.6) is 0 Å². The van der Waals surface area contributed by atoms with Crippen LogP contribution in [0.15, 0.2) is 18.3 Å². The van der Waals surface area contributed by atoms with Crippen LogP contribution < -0.4 is 10.2 Å². The van der Waals surface area contributed by atoms with Crippen molar-refractivity contribution in [3.63, 3.8) is 0 Å². The van der Waals surface area contributed by atoms with E-state index in [4.69, 9.17) is 0 Å². The van der Waals surface area contributed by atoms with Gasteiger partial charge in [-0.05, 0) is 50.3 Å². The number of nitrogens with one attached hydrogen (secondary N) is 1. The summed E-state index contributed by atoms with van der Waals surface area (Å²) in [4.78, 5) is 6.93. The first-order valence-electron chi connectivity index (χ1n) is 7.03. The highest BCUT2D eigenvalue weighted by Crippen LogP contribution is 2.28. The Morgan fingerprint density at radius 2 is 2.00 bits per heavy atom. The van der Waals surface area contributed by atoms with Crippen molar-refractivity contribution in [1.82, 2.24) is 10.3 Å². The lowest BCUT2D eigenvalue weighted by molar-refractivity contribution is 0.340. The SMILES string of the molecule is CNCc1ccc(N(C)C2CCC(C)CC2)nc1. The standard InChI is InChI=1S/C15H25N3/c1-12-4-7-14(8-5-12)18(3)15-9-6-13(10-16-2)11-17-15/h6,9,11-12,14,16H,4-5,7-8,10H2,1-3H3. The smallest absolute Gasteiger partial charge is 0.128 e. The average Bonchev–Trinajstić information content (AvgIpc) is 2.40. The highest BCUT2D eigenvalue weighted by Gasteiger charge is 2.22. The number of hydrogen-bond donors (Lipinski definition) is 1. The molecule has 1 aromatic rings. The molecule has 2 rings (SSSR count). The molecule has 0 aromatic carbocycles. The molecule has 0 aliphatic heterocycles. The topological polar surface area (TPSA) is 28.2 Å². The predicted molar refractivity (Wildman–Crippen MR) is 76.8 cm³/mol. The molecule has 1 saturated carbocycles. The minimum Gasteiger partial charge on any atom is -0.357 e. The molecule has 18 heavy (non-hydrogen) atoms. The lowest BCUT2D eigenvalue weighted by Crippen LogP contribution is -2.35. The van der Waals surface area contributed by atoms with Crippen molar-refractivity contribution in [3.05, 3.63) is 23.9 Å². The third kappa shape index (κ3) is 3.22. The summed E-state index contributed by atoms with van der Waals surface area (Å²) in [5.41, 5.74) is 1.24. The molecule has 1 fully saturated rings. The van der Waals surface area contributed by atoms with Crippen LogP contribution >= 0.6 is 0 Å². The van der Waals surface area contributed by atoms with Gasteiger partial charge in [0.05, 0.1) is 0 Å². The van der Waals surface area contributed by atoms with Crippen LogP contribution in [0.4, 0.5) is 5.82 Å². The number of hydrogen-bond acceptors (Lipinski definition) is 3. The molecule has 3 nitrogen and oxygen atoms in total. The van der Waals surface area contributed by atoms with Crippen molar-refractivity contribution in [2.24, 2.45) is 5.92 Å².